The molecule has 0 radical (unpaired) electrons. The van der Waals surface area contributed by atoms with Crippen molar-refractivity contribution in [1.82, 2.24) is 0 Å². The molecule has 94 valence electrons. The molecule has 0 bridgehead atoms. The molecular weight excluding hydrogens is 240 g/mol. The zero-order chi connectivity index (χ0) is 12.8. The largest absolute Gasteiger partial charge is 0.496 e. The monoisotopic (exact) mass is 256 g/mol. The van der Waals surface area contributed by atoms with Crippen LogP contribution in [0, 0.1) is 0 Å². The summed E-state index contributed by atoms with van der Waals surface area (Å²) >= 11 is 5.92. The summed E-state index contributed by atoms with van der Waals surface area (Å²) in [5.41, 5.74) is 12.0. The third kappa shape index (κ3) is 4.24. The summed E-state index contributed by atoms with van der Waals surface area (Å²) in [7, 11) is 1.59. The van der Waals surface area contributed by atoms with E-state index in [0.717, 1.165) is 5.56 Å². The quantitative estimate of drug-likeness (QED) is 0.817. The molecule has 0 aliphatic heterocycles. The van der Waals surface area contributed by atoms with Crippen molar-refractivity contribution in [3.63, 3.8) is 0 Å². The van der Waals surface area contributed by atoms with Gasteiger partial charge in [0.05, 0.1) is 7.11 Å². The van der Waals surface area contributed by atoms with Crippen molar-refractivity contribution in [2.24, 2.45) is 11.5 Å². The summed E-state index contributed by atoms with van der Waals surface area (Å²) in [6.45, 7) is 0. The number of carbonyl (C=O) groups excluding carboxylic acids is 1. The average Bonchev–Trinajstić information content (AvgIpc) is 2.28. The molecule has 0 spiro atoms. The molecule has 1 atom stereocenters. The Morgan fingerprint density at radius 1 is 1.53 bits per heavy atom. The highest BCUT2D eigenvalue weighted by molar-refractivity contribution is 6.30. The van der Waals surface area contributed by atoms with E-state index < -0.39 is 0 Å². The topological polar surface area (TPSA) is 78.3 Å². The molecule has 1 aromatic rings. The molecule has 0 heterocycles. The van der Waals surface area contributed by atoms with Gasteiger partial charge in [-0.2, -0.15) is 0 Å². The van der Waals surface area contributed by atoms with Gasteiger partial charge < -0.3 is 16.2 Å². The van der Waals surface area contributed by atoms with Crippen LogP contribution in [-0.2, 0) is 4.79 Å². The lowest BCUT2D eigenvalue weighted by atomic mass is 10.0. The normalized spacial score (nSPS) is 12.2. The zero-order valence-electron chi connectivity index (χ0n) is 9.78. The first-order chi connectivity index (χ1) is 8.04. The minimum Gasteiger partial charge on any atom is -0.496 e. The SMILES string of the molecule is COc1ccc(Cl)cc1C(N)CCCC(N)=O. The van der Waals surface area contributed by atoms with Gasteiger partial charge in [0.2, 0.25) is 5.91 Å². The number of amides is 1. The Hall–Kier alpha value is -1.26. The van der Waals surface area contributed by atoms with Crippen LogP contribution in [0.2, 0.25) is 5.02 Å². The number of hydrogen-bond acceptors (Lipinski definition) is 3. The van der Waals surface area contributed by atoms with Gasteiger partial charge in [0, 0.05) is 23.0 Å². The smallest absolute Gasteiger partial charge is 0.217 e. The van der Waals surface area contributed by atoms with E-state index in [2.05, 4.69) is 0 Å². The average molecular weight is 257 g/mol. The highest BCUT2D eigenvalue weighted by Gasteiger charge is 2.12. The highest BCUT2D eigenvalue weighted by Crippen LogP contribution is 2.29. The third-order valence-corrected chi connectivity index (χ3v) is 2.76. The molecule has 0 saturated carbocycles. The van der Waals surface area contributed by atoms with Crippen LogP contribution in [0.5, 0.6) is 5.75 Å². The Bertz CT molecular complexity index is 396. The zero-order valence-corrected chi connectivity index (χ0v) is 10.5. The van der Waals surface area contributed by atoms with Crippen LogP contribution < -0.4 is 16.2 Å². The van der Waals surface area contributed by atoms with Gasteiger partial charge in [-0.1, -0.05) is 11.6 Å². The van der Waals surface area contributed by atoms with Gasteiger partial charge in [-0.05, 0) is 31.0 Å². The van der Waals surface area contributed by atoms with E-state index in [1.165, 1.54) is 0 Å². The first-order valence-electron chi connectivity index (χ1n) is 5.42. The lowest BCUT2D eigenvalue weighted by Crippen LogP contribution is -2.14. The molecule has 0 aromatic heterocycles. The first-order valence-corrected chi connectivity index (χ1v) is 5.79. The molecule has 1 aromatic carbocycles. The van der Waals surface area contributed by atoms with Crippen LogP contribution in [0.1, 0.15) is 30.9 Å². The Morgan fingerprint density at radius 2 is 2.24 bits per heavy atom. The van der Waals surface area contributed by atoms with E-state index in [-0.39, 0.29) is 11.9 Å². The number of hydrogen-bond donors (Lipinski definition) is 2. The van der Waals surface area contributed by atoms with Gasteiger partial charge in [0.1, 0.15) is 5.75 Å². The fraction of sp³-hybridized carbons (Fsp3) is 0.417. The minimum atomic E-state index is -0.310. The van der Waals surface area contributed by atoms with E-state index in [4.69, 9.17) is 27.8 Å². The Morgan fingerprint density at radius 3 is 2.82 bits per heavy atom. The summed E-state index contributed by atoms with van der Waals surface area (Å²) < 4.78 is 5.22. The number of nitrogens with two attached hydrogens (primary N) is 2. The highest BCUT2D eigenvalue weighted by atomic mass is 35.5. The van der Waals surface area contributed by atoms with Crippen molar-refractivity contribution in [1.29, 1.82) is 0 Å². The van der Waals surface area contributed by atoms with Gasteiger partial charge in [0.15, 0.2) is 0 Å². The standard InChI is InChI=1S/C12H17ClN2O2/c1-17-11-6-5-8(13)7-9(11)10(14)3-2-4-12(15)16/h5-7,10H,2-4,14H2,1H3,(H2,15,16). The maximum Gasteiger partial charge on any atom is 0.217 e. The first kappa shape index (κ1) is 13.8. The number of benzene rings is 1. The summed E-state index contributed by atoms with van der Waals surface area (Å²) in [6.07, 6.45) is 1.67. The van der Waals surface area contributed by atoms with Crippen LogP contribution in [0.25, 0.3) is 0 Å². The Kier molecular flexibility index (Phi) is 5.25. The molecule has 1 rings (SSSR count). The van der Waals surface area contributed by atoms with Crippen molar-refractivity contribution >= 4 is 17.5 Å². The molecule has 0 aliphatic carbocycles. The molecule has 0 fully saturated rings. The molecule has 0 saturated heterocycles. The van der Waals surface area contributed by atoms with Crippen LogP contribution in [0.15, 0.2) is 18.2 Å². The molecular formula is C12H17ClN2O2. The maximum absolute atomic E-state index is 10.6. The van der Waals surface area contributed by atoms with E-state index >= 15 is 0 Å². The minimum absolute atomic E-state index is 0.206. The van der Waals surface area contributed by atoms with Gasteiger partial charge >= 0.3 is 0 Å². The predicted molar refractivity (Wildman–Crippen MR) is 68.0 cm³/mol. The van der Waals surface area contributed by atoms with Crippen molar-refractivity contribution in [2.75, 3.05) is 7.11 Å². The molecule has 1 amide bonds. The van der Waals surface area contributed by atoms with E-state index in [9.17, 15) is 4.79 Å². The lowest BCUT2D eigenvalue weighted by molar-refractivity contribution is -0.118. The van der Waals surface area contributed by atoms with Crippen molar-refractivity contribution in [3.05, 3.63) is 28.8 Å². The van der Waals surface area contributed by atoms with Gasteiger partial charge in [0.25, 0.3) is 0 Å². The number of primary amides is 1. The second kappa shape index (κ2) is 6.47. The van der Waals surface area contributed by atoms with Gasteiger partial charge in [-0.25, -0.2) is 0 Å². The fourth-order valence-corrected chi connectivity index (χ4v) is 1.83. The van der Waals surface area contributed by atoms with Gasteiger partial charge in [-0.15, -0.1) is 0 Å². The molecule has 17 heavy (non-hydrogen) atoms. The molecule has 4 nitrogen and oxygen atoms in total. The van der Waals surface area contributed by atoms with Crippen molar-refractivity contribution < 1.29 is 9.53 Å². The number of methoxy groups -OCH3 is 1. The van der Waals surface area contributed by atoms with Crippen LogP contribution >= 0.6 is 11.6 Å². The Labute approximate surface area is 106 Å². The van der Waals surface area contributed by atoms with E-state index in [0.29, 0.717) is 30.0 Å². The van der Waals surface area contributed by atoms with Crippen molar-refractivity contribution in [2.45, 2.75) is 25.3 Å². The van der Waals surface area contributed by atoms with Crippen LogP contribution in [-0.4, -0.2) is 13.0 Å². The Balaban J connectivity index is 2.69. The second-order valence-corrected chi connectivity index (χ2v) is 4.29. The van der Waals surface area contributed by atoms with E-state index in [1.807, 2.05) is 0 Å². The number of rotatable bonds is 6. The number of halogens is 1. The molecule has 5 heteroatoms. The summed E-state index contributed by atoms with van der Waals surface area (Å²) in [6, 6.07) is 5.11. The van der Waals surface area contributed by atoms with Crippen molar-refractivity contribution in [3.8, 4) is 5.75 Å². The molecule has 4 N–H and O–H groups in total. The fourth-order valence-electron chi connectivity index (χ4n) is 1.65. The third-order valence-electron chi connectivity index (χ3n) is 2.53. The predicted octanol–water partition coefficient (Wildman–Crippen LogP) is 2.00. The lowest BCUT2D eigenvalue weighted by Gasteiger charge is -2.15. The summed E-state index contributed by atoms with van der Waals surface area (Å²) in [5, 5.41) is 0.617. The molecule has 0 aliphatic rings. The summed E-state index contributed by atoms with van der Waals surface area (Å²) in [5.74, 6) is 0.399. The van der Waals surface area contributed by atoms with E-state index in [1.54, 1.807) is 25.3 Å². The van der Waals surface area contributed by atoms with Crippen LogP contribution in [0.4, 0.5) is 0 Å². The van der Waals surface area contributed by atoms with Crippen LogP contribution in [0.3, 0.4) is 0 Å². The number of ether oxygens (including phenoxy) is 1. The number of carbonyl (C=O) groups is 1. The maximum atomic E-state index is 10.6. The second-order valence-electron chi connectivity index (χ2n) is 3.85. The summed E-state index contributed by atoms with van der Waals surface area (Å²) in [4.78, 5) is 10.6. The molecule has 1 unspecified atom stereocenters. The van der Waals surface area contributed by atoms with Gasteiger partial charge in [-0.3, -0.25) is 4.79 Å².